The van der Waals surface area contributed by atoms with Gasteiger partial charge in [0.05, 0.1) is 11.6 Å². The fourth-order valence-electron chi connectivity index (χ4n) is 3.51. The van der Waals surface area contributed by atoms with Crippen LogP contribution >= 0.6 is 0 Å². The number of unbranched alkanes of at least 4 members (excludes halogenated alkanes) is 5. The molecule has 1 aromatic rings. The van der Waals surface area contributed by atoms with Crippen LogP contribution in [0, 0.1) is 11.3 Å². The Bertz CT molecular complexity index is 637. The zero-order valence-corrected chi connectivity index (χ0v) is 18.8. The van der Waals surface area contributed by atoms with Crippen molar-refractivity contribution in [2.24, 2.45) is 0 Å². The molecule has 1 heterocycles. The van der Waals surface area contributed by atoms with Gasteiger partial charge in [0.25, 0.3) is 0 Å². The Balaban J connectivity index is 0.000000301. The smallest absolute Gasteiger partial charge is 0.306 e. The molecule has 30 heavy (non-hydrogen) atoms. The maximum Gasteiger partial charge on any atom is 0.306 e. The van der Waals surface area contributed by atoms with E-state index in [0.29, 0.717) is 12.0 Å². The van der Waals surface area contributed by atoms with E-state index in [2.05, 4.69) is 18.7 Å². The number of nitriles is 1. The largest absolute Gasteiger partial charge is 0.457 e. The zero-order valence-electron chi connectivity index (χ0n) is 18.8. The van der Waals surface area contributed by atoms with Gasteiger partial charge in [0.2, 0.25) is 0 Å². The van der Waals surface area contributed by atoms with Gasteiger partial charge in [0, 0.05) is 12.8 Å². The third-order valence-electron chi connectivity index (χ3n) is 5.21. The lowest BCUT2D eigenvalue weighted by molar-refractivity contribution is -0.141. The van der Waals surface area contributed by atoms with Gasteiger partial charge in [-0.05, 0) is 69.4 Å². The van der Waals surface area contributed by atoms with Crippen molar-refractivity contribution in [2.75, 3.05) is 19.6 Å². The molecule has 0 amide bonds. The number of rotatable bonds is 13. The van der Waals surface area contributed by atoms with Crippen molar-refractivity contribution in [3.63, 3.8) is 0 Å². The van der Waals surface area contributed by atoms with E-state index in [4.69, 9.17) is 10.00 Å². The lowest BCUT2D eigenvalue weighted by atomic mass is 10.1. The first-order chi connectivity index (χ1) is 14.6. The van der Waals surface area contributed by atoms with Crippen LogP contribution in [0.15, 0.2) is 24.3 Å². The Morgan fingerprint density at radius 1 is 1.03 bits per heavy atom. The summed E-state index contributed by atoms with van der Waals surface area (Å²) in [6, 6.07) is 9.19. The molecule has 0 unspecified atom stereocenters. The van der Waals surface area contributed by atoms with Crippen molar-refractivity contribution in [1.29, 1.82) is 5.26 Å². The summed E-state index contributed by atoms with van der Waals surface area (Å²) in [6.07, 6.45) is 11.7. The number of carbonyl (C=O) groups excluding carboxylic acids is 2. The highest BCUT2D eigenvalue weighted by molar-refractivity contribution is 5.71. The number of esters is 1. The molecule has 5 heteroatoms. The van der Waals surface area contributed by atoms with Crippen molar-refractivity contribution in [1.82, 2.24) is 4.90 Å². The topological polar surface area (TPSA) is 70.4 Å². The van der Waals surface area contributed by atoms with Crippen LogP contribution in [0.25, 0.3) is 0 Å². The molecule has 0 radical (unpaired) electrons. The van der Waals surface area contributed by atoms with E-state index in [1.807, 2.05) is 18.2 Å². The van der Waals surface area contributed by atoms with Gasteiger partial charge in [0.15, 0.2) is 0 Å². The molecule has 0 aliphatic carbocycles. The molecule has 1 aliphatic heterocycles. The highest BCUT2D eigenvalue weighted by Crippen LogP contribution is 2.29. The molecule has 0 aromatic heterocycles. The number of aldehydes is 1. The van der Waals surface area contributed by atoms with Gasteiger partial charge in [0.1, 0.15) is 12.4 Å². The Kier molecular flexibility index (Phi) is 14.3. The number of cyclic esters (lactones) is 1. The minimum absolute atomic E-state index is 0.116. The van der Waals surface area contributed by atoms with E-state index >= 15 is 0 Å². The second-order valence-electron chi connectivity index (χ2n) is 7.82. The normalized spacial score (nSPS) is 15.3. The van der Waals surface area contributed by atoms with E-state index in [0.717, 1.165) is 31.1 Å². The van der Waals surface area contributed by atoms with E-state index in [-0.39, 0.29) is 12.1 Å². The van der Waals surface area contributed by atoms with Gasteiger partial charge in [-0.2, -0.15) is 5.26 Å². The fourth-order valence-corrected chi connectivity index (χ4v) is 3.51. The fraction of sp³-hybridized carbons (Fsp3) is 0.640. The minimum Gasteiger partial charge on any atom is -0.457 e. The summed E-state index contributed by atoms with van der Waals surface area (Å²) in [6.45, 7) is 8.13. The first-order valence-corrected chi connectivity index (χ1v) is 11.5. The summed E-state index contributed by atoms with van der Waals surface area (Å²) in [4.78, 5) is 23.6. The first kappa shape index (κ1) is 25.8. The van der Waals surface area contributed by atoms with Gasteiger partial charge in [-0.1, -0.05) is 45.2 Å². The number of carbonyl (C=O) groups is 2. The van der Waals surface area contributed by atoms with Gasteiger partial charge in [-0.3, -0.25) is 4.79 Å². The molecular formula is C25H38N2O3. The number of ether oxygens (including phenoxy) is 1. The Hall–Kier alpha value is -2.19. The van der Waals surface area contributed by atoms with Crippen molar-refractivity contribution in [3.05, 3.63) is 35.4 Å². The van der Waals surface area contributed by atoms with E-state index in [1.165, 1.54) is 58.2 Å². The first-order valence-electron chi connectivity index (χ1n) is 11.5. The molecule has 0 saturated carbocycles. The molecule has 1 aliphatic rings. The van der Waals surface area contributed by atoms with Crippen molar-refractivity contribution < 1.29 is 14.3 Å². The monoisotopic (exact) mass is 414 g/mol. The van der Waals surface area contributed by atoms with Crippen molar-refractivity contribution >= 4 is 12.3 Å². The van der Waals surface area contributed by atoms with Crippen molar-refractivity contribution in [3.8, 4) is 6.07 Å². The molecule has 0 bridgehead atoms. The van der Waals surface area contributed by atoms with Gasteiger partial charge in [-0.15, -0.1) is 0 Å². The van der Waals surface area contributed by atoms with Gasteiger partial charge >= 0.3 is 5.97 Å². The zero-order chi connectivity index (χ0) is 22.0. The molecule has 5 nitrogen and oxygen atoms in total. The molecule has 2 rings (SSSR count). The van der Waals surface area contributed by atoms with E-state index in [1.54, 1.807) is 12.1 Å². The Morgan fingerprint density at radius 3 is 2.27 bits per heavy atom. The van der Waals surface area contributed by atoms with Gasteiger partial charge in [-0.25, -0.2) is 0 Å². The predicted octanol–water partition coefficient (Wildman–Crippen LogP) is 5.58. The van der Waals surface area contributed by atoms with Crippen LogP contribution in [0.5, 0.6) is 0 Å². The predicted molar refractivity (Wildman–Crippen MR) is 120 cm³/mol. The van der Waals surface area contributed by atoms with Crippen molar-refractivity contribution in [2.45, 2.75) is 84.2 Å². The third kappa shape index (κ3) is 11.1. The summed E-state index contributed by atoms with van der Waals surface area (Å²) in [7, 11) is 0. The molecular weight excluding hydrogens is 376 g/mol. The molecule has 1 aromatic carbocycles. The van der Waals surface area contributed by atoms with Crippen LogP contribution < -0.4 is 0 Å². The lowest BCUT2D eigenvalue weighted by Crippen LogP contribution is -2.27. The summed E-state index contributed by atoms with van der Waals surface area (Å²) >= 11 is 0. The number of benzene rings is 1. The summed E-state index contributed by atoms with van der Waals surface area (Å²) in [5.41, 5.74) is 1.59. The molecule has 1 fully saturated rings. The average Bonchev–Trinajstić information content (AvgIpc) is 3.21. The Morgan fingerprint density at radius 2 is 1.73 bits per heavy atom. The van der Waals surface area contributed by atoms with E-state index in [9.17, 15) is 9.59 Å². The molecule has 166 valence electrons. The number of hydrogen-bond donors (Lipinski definition) is 0. The highest BCUT2D eigenvalue weighted by atomic mass is 16.5. The van der Waals surface area contributed by atoms with Crippen LogP contribution in [0.2, 0.25) is 0 Å². The SMILES string of the molecule is CCCCCCN(CCC)CCCCC=O.N#Cc1ccc([C@@H]2CCC(=O)O2)cc1. The van der Waals surface area contributed by atoms with Gasteiger partial charge < -0.3 is 14.4 Å². The third-order valence-corrected chi connectivity index (χ3v) is 5.21. The minimum atomic E-state index is -0.139. The number of nitrogens with zero attached hydrogens (tertiary/aromatic N) is 2. The second kappa shape index (κ2) is 16.6. The molecule has 1 atom stereocenters. The van der Waals surface area contributed by atoms with Crippen LogP contribution in [-0.4, -0.2) is 36.8 Å². The Labute approximate surface area is 182 Å². The second-order valence-corrected chi connectivity index (χ2v) is 7.82. The summed E-state index contributed by atoms with van der Waals surface area (Å²) in [5.74, 6) is -0.139. The molecule has 0 spiro atoms. The van der Waals surface area contributed by atoms with Crippen LogP contribution in [-0.2, 0) is 14.3 Å². The quantitative estimate of drug-likeness (QED) is 0.239. The molecule has 1 saturated heterocycles. The van der Waals surface area contributed by atoms with E-state index < -0.39 is 0 Å². The summed E-state index contributed by atoms with van der Waals surface area (Å²) in [5, 5.41) is 8.60. The maximum absolute atomic E-state index is 10.9. The lowest BCUT2D eigenvalue weighted by Gasteiger charge is -2.21. The maximum atomic E-state index is 10.9. The van der Waals surface area contributed by atoms with Crippen LogP contribution in [0.1, 0.15) is 95.3 Å². The van der Waals surface area contributed by atoms with Crippen LogP contribution in [0.4, 0.5) is 0 Å². The standard InChI is InChI=1S/C14H29NO.C11H9NO2/c1-3-5-6-8-12-15(11-4-2)13-9-7-10-14-16;12-7-8-1-3-9(4-2-8)10-5-6-11(13)14-10/h14H,3-13H2,1-2H3;1-4,10H,5-6H2/t;10-/m.0/s1. The number of hydrogen-bond acceptors (Lipinski definition) is 5. The molecule has 0 N–H and O–H groups in total. The summed E-state index contributed by atoms with van der Waals surface area (Å²) < 4.78 is 5.10. The average molecular weight is 415 g/mol. The van der Waals surface area contributed by atoms with Crippen LogP contribution in [0.3, 0.4) is 0 Å². The highest BCUT2D eigenvalue weighted by Gasteiger charge is 2.24.